The molecule has 1 fully saturated rings. The number of benzene rings is 1. The van der Waals surface area contributed by atoms with E-state index in [1.54, 1.807) is 18.3 Å². The molecule has 1 saturated heterocycles. The van der Waals surface area contributed by atoms with Crippen molar-refractivity contribution in [3.63, 3.8) is 0 Å². The molecule has 0 aliphatic carbocycles. The van der Waals surface area contributed by atoms with Gasteiger partial charge < -0.3 is 4.90 Å². The van der Waals surface area contributed by atoms with Crippen molar-refractivity contribution in [3.05, 3.63) is 56.8 Å². The van der Waals surface area contributed by atoms with Gasteiger partial charge in [-0.3, -0.25) is 9.89 Å². The molecule has 0 unspecified atom stereocenters. The van der Waals surface area contributed by atoms with Gasteiger partial charge in [0.1, 0.15) is 11.5 Å². The highest BCUT2D eigenvalue weighted by molar-refractivity contribution is 9.10. The number of rotatable bonds is 3. The van der Waals surface area contributed by atoms with E-state index in [2.05, 4.69) is 35.9 Å². The molecule has 1 N–H and O–H groups in total. The first kappa shape index (κ1) is 17.0. The lowest BCUT2D eigenvalue weighted by atomic mass is 10.2. The van der Waals surface area contributed by atoms with Gasteiger partial charge in [0.05, 0.1) is 11.4 Å². The number of nitrogens with zero attached hydrogens (tertiary/aromatic N) is 4. The van der Waals surface area contributed by atoms with Gasteiger partial charge in [-0.2, -0.15) is 0 Å². The zero-order valence-corrected chi connectivity index (χ0v) is 15.8. The quantitative estimate of drug-likeness (QED) is 0.708. The molecule has 3 aromatic rings. The number of anilines is 1. The van der Waals surface area contributed by atoms with Crippen LogP contribution in [-0.4, -0.2) is 32.8 Å². The van der Waals surface area contributed by atoms with Gasteiger partial charge in [0.25, 0.3) is 5.56 Å². The molecular weight excluding hydrogens is 401 g/mol. The first-order valence-electron chi connectivity index (χ1n) is 8.39. The van der Waals surface area contributed by atoms with Crippen LogP contribution in [0.25, 0.3) is 16.9 Å². The summed E-state index contributed by atoms with van der Waals surface area (Å²) in [6.45, 7) is 3.82. The van der Waals surface area contributed by atoms with Crippen molar-refractivity contribution in [2.45, 2.75) is 19.8 Å². The van der Waals surface area contributed by atoms with Crippen LogP contribution in [0.5, 0.6) is 0 Å². The van der Waals surface area contributed by atoms with E-state index in [-0.39, 0.29) is 11.2 Å². The van der Waals surface area contributed by atoms with Gasteiger partial charge in [0, 0.05) is 35.4 Å². The Morgan fingerprint density at radius 3 is 2.69 bits per heavy atom. The highest BCUT2D eigenvalue weighted by Crippen LogP contribution is 2.23. The van der Waals surface area contributed by atoms with Crippen LogP contribution >= 0.6 is 15.9 Å². The summed E-state index contributed by atoms with van der Waals surface area (Å²) in [5, 5.41) is 2.96. The van der Waals surface area contributed by atoms with Gasteiger partial charge in [-0.05, 0) is 38.0 Å². The summed E-state index contributed by atoms with van der Waals surface area (Å²) in [7, 11) is 0. The van der Waals surface area contributed by atoms with E-state index in [1.807, 2.05) is 6.92 Å². The lowest BCUT2D eigenvalue weighted by Gasteiger charge is -2.16. The molecule has 0 atom stereocenters. The van der Waals surface area contributed by atoms with Crippen molar-refractivity contribution in [1.82, 2.24) is 19.7 Å². The zero-order chi connectivity index (χ0) is 18.3. The SMILES string of the molecule is Cc1nc(N2CCCC2)ncc1-c1cc(=O)n(-c2ccc(Br)cc2F)[nH]1. The minimum atomic E-state index is -0.493. The van der Waals surface area contributed by atoms with Crippen molar-refractivity contribution in [1.29, 1.82) is 0 Å². The first-order valence-corrected chi connectivity index (χ1v) is 9.19. The average Bonchev–Trinajstić information content (AvgIpc) is 3.25. The standard InChI is InChI=1S/C18H17BrFN5O/c1-11-13(10-21-18(22-11)24-6-2-3-7-24)15-9-17(26)25(23-15)16-5-4-12(19)8-14(16)20/h4-5,8-10,23H,2-3,6-7H2,1H3. The van der Waals surface area contributed by atoms with Crippen LogP contribution < -0.4 is 10.5 Å². The molecule has 26 heavy (non-hydrogen) atoms. The summed E-state index contributed by atoms with van der Waals surface area (Å²) in [5.74, 6) is 0.219. The molecule has 3 heterocycles. The predicted octanol–water partition coefficient (Wildman–Crippen LogP) is 3.43. The predicted molar refractivity (Wildman–Crippen MR) is 101 cm³/mol. The first-order chi connectivity index (χ1) is 12.5. The molecule has 0 radical (unpaired) electrons. The Kier molecular flexibility index (Phi) is 4.36. The third-order valence-corrected chi connectivity index (χ3v) is 5.01. The largest absolute Gasteiger partial charge is 0.341 e. The van der Waals surface area contributed by atoms with E-state index in [0.29, 0.717) is 16.1 Å². The molecule has 0 spiro atoms. The number of hydrogen-bond donors (Lipinski definition) is 1. The van der Waals surface area contributed by atoms with E-state index < -0.39 is 5.82 Å². The van der Waals surface area contributed by atoms with Crippen LogP contribution in [0, 0.1) is 12.7 Å². The number of hydrogen-bond acceptors (Lipinski definition) is 4. The van der Waals surface area contributed by atoms with Crippen LogP contribution in [0.1, 0.15) is 18.5 Å². The molecule has 0 bridgehead atoms. The molecule has 6 nitrogen and oxygen atoms in total. The third-order valence-electron chi connectivity index (χ3n) is 4.52. The highest BCUT2D eigenvalue weighted by Gasteiger charge is 2.18. The Bertz CT molecular complexity index is 1020. The molecule has 0 amide bonds. The monoisotopic (exact) mass is 417 g/mol. The Morgan fingerprint density at radius 2 is 2.00 bits per heavy atom. The van der Waals surface area contributed by atoms with Gasteiger partial charge in [-0.15, -0.1) is 0 Å². The van der Waals surface area contributed by atoms with Crippen LogP contribution in [0.3, 0.4) is 0 Å². The fourth-order valence-electron chi connectivity index (χ4n) is 3.16. The Labute approximate surface area is 157 Å². The van der Waals surface area contributed by atoms with Crippen molar-refractivity contribution in [2.75, 3.05) is 18.0 Å². The number of halogens is 2. The van der Waals surface area contributed by atoms with Gasteiger partial charge in [-0.25, -0.2) is 19.0 Å². The minimum Gasteiger partial charge on any atom is -0.341 e. The molecule has 1 aliphatic rings. The van der Waals surface area contributed by atoms with Crippen molar-refractivity contribution >= 4 is 21.9 Å². The summed E-state index contributed by atoms with van der Waals surface area (Å²) in [6.07, 6.45) is 4.02. The second-order valence-corrected chi connectivity index (χ2v) is 7.22. The van der Waals surface area contributed by atoms with Crippen molar-refractivity contribution in [3.8, 4) is 16.9 Å². The summed E-state index contributed by atoms with van der Waals surface area (Å²) in [6, 6.07) is 5.98. The summed E-state index contributed by atoms with van der Waals surface area (Å²) < 4.78 is 16.0. The lowest BCUT2D eigenvalue weighted by Crippen LogP contribution is -2.20. The highest BCUT2D eigenvalue weighted by atomic mass is 79.9. The number of aromatic nitrogens is 4. The van der Waals surface area contributed by atoms with Crippen LogP contribution in [0.2, 0.25) is 0 Å². The van der Waals surface area contributed by atoms with Crippen LogP contribution in [-0.2, 0) is 0 Å². The van der Waals surface area contributed by atoms with E-state index in [0.717, 1.165) is 37.2 Å². The Hall–Kier alpha value is -2.48. The van der Waals surface area contributed by atoms with Crippen molar-refractivity contribution < 1.29 is 4.39 Å². The lowest BCUT2D eigenvalue weighted by molar-refractivity contribution is 0.608. The molecular formula is C18H17BrFN5O. The summed E-state index contributed by atoms with van der Waals surface area (Å²) >= 11 is 3.22. The molecule has 0 saturated carbocycles. The number of aryl methyl sites for hydroxylation is 1. The average molecular weight is 418 g/mol. The van der Waals surface area contributed by atoms with E-state index >= 15 is 0 Å². The second-order valence-electron chi connectivity index (χ2n) is 6.30. The minimum absolute atomic E-state index is 0.164. The van der Waals surface area contributed by atoms with Gasteiger partial charge in [0.15, 0.2) is 0 Å². The Balaban J connectivity index is 1.72. The van der Waals surface area contributed by atoms with E-state index in [9.17, 15) is 9.18 Å². The topological polar surface area (TPSA) is 66.8 Å². The summed E-state index contributed by atoms with van der Waals surface area (Å²) in [5.41, 5.74) is 1.87. The van der Waals surface area contributed by atoms with Crippen LogP contribution in [0.4, 0.5) is 10.3 Å². The molecule has 2 aromatic heterocycles. The molecule has 4 rings (SSSR count). The molecule has 8 heteroatoms. The van der Waals surface area contributed by atoms with E-state index in [4.69, 9.17) is 0 Å². The zero-order valence-electron chi connectivity index (χ0n) is 14.2. The second kappa shape index (κ2) is 6.68. The maximum atomic E-state index is 14.2. The third kappa shape index (κ3) is 3.05. The summed E-state index contributed by atoms with van der Waals surface area (Å²) in [4.78, 5) is 23.5. The molecule has 134 valence electrons. The number of H-pyrrole nitrogens is 1. The fraction of sp³-hybridized carbons (Fsp3) is 0.278. The molecule has 1 aromatic carbocycles. The number of aromatic amines is 1. The normalized spacial score (nSPS) is 14.2. The smallest absolute Gasteiger partial charge is 0.271 e. The van der Waals surface area contributed by atoms with Gasteiger partial charge in [0.2, 0.25) is 5.95 Å². The maximum absolute atomic E-state index is 14.2. The fourth-order valence-corrected chi connectivity index (χ4v) is 3.50. The van der Waals surface area contributed by atoms with E-state index in [1.165, 1.54) is 16.8 Å². The Morgan fingerprint density at radius 1 is 1.23 bits per heavy atom. The molecule has 1 aliphatic heterocycles. The maximum Gasteiger partial charge on any atom is 0.271 e. The van der Waals surface area contributed by atoms with Crippen molar-refractivity contribution in [2.24, 2.45) is 0 Å². The van der Waals surface area contributed by atoms with Gasteiger partial charge in [-0.1, -0.05) is 15.9 Å². The van der Waals surface area contributed by atoms with Gasteiger partial charge >= 0.3 is 0 Å². The number of nitrogens with one attached hydrogen (secondary N) is 1. The van der Waals surface area contributed by atoms with Crippen LogP contribution in [0.15, 0.2) is 39.7 Å².